The Kier molecular flexibility index (Phi) is 9.04. The van der Waals surface area contributed by atoms with Gasteiger partial charge in [0.2, 0.25) is 0 Å². The molecule has 0 atom stereocenters. The maximum atomic E-state index is 9.69. The first-order valence-corrected chi connectivity index (χ1v) is 10.2. The lowest BCUT2D eigenvalue weighted by molar-refractivity contribution is 0.118. The van der Waals surface area contributed by atoms with Crippen molar-refractivity contribution in [2.45, 2.75) is 32.3 Å². The van der Waals surface area contributed by atoms with Gasteiger partial charge in [-0.15, -0.1) is 0 Å². The molecule has 0 heterocycles. The Morgan fingerprint density at radius 3 is 2.11 bits per heavy atom. The van der Waals surface area contributed by atoms with E-state index in [-0.39, 0.29) is 0 Å². The van der Waals surface area contributed by atoms with Crippen LogP contribution < -0.4 is 0 Å². The van der Waals surface area contributed by atoms with Gasteiger partial charge in [0, 0.05) is 19.4 Å². The zero-order valence-electron chi connectivity index (χ0n) is 15.3. The average Bonchev–Trinajstić information content (AvgIpc) is 2.73. The highest BCUT2D eigenvalue weighted by atomic mass is 127. The zero-order chi connectivity index (χ0) is 19.4. The second-order valence-electron chi connectivity index (χ2n) is 6.55. The van der Waals surface area contributed by atoms with Gasteiger partial charge >= 0.3 is 0 Å². The molecule has 27 heavy (non-hydrogen) atoms. The largest absolute Gasteiger partial charge is 0.377 e. The molecule has 0 saturated carbocycles. The van der Waals surface area contributed by atoms with Crippen LogP contribution in [-0.2, 0) is 17.8 Å². The third-order valence-electron chi connectivity index (χ3n) is 4.36. The fourth-order valence-electron chi connectivity index (χ4n) is 2.92. The molecular weight excluding hydrogens is 447 g/mol. The van der Waals surface area contributed by atoms with Gasteiger partial charge in [-0.05, 0) is 28.1 Å². The quantitative estimate of drug-likeness (QED) is 0.318. The van der Waals surface area contributed by atoms with Crippen molar-refractivity contribution in [2.75, 3.05) is 6.61 Å². The van der Waals surface area contributed by atoms with Crippen LogP contribution >= 0.6 is 22.6 Å². The van der Waals surface area contributed by atoms with E-state index in [9.17, 15) is 10.5 Å². The first kappa shape index (κ1) is 21.2. The second-order valence-corrected chi connectivity index (χ2v) is 7.18. The Hall–Kier alpha value is -2.15. The number of nitriles is 2. The van der Waals surface area contributed by atoms with Crippen molar-refractivity contribution in [1.29, 1.82) is 10.5 Å². The Morgan fingerprint density at radius 2 is 1.56 bits per heavy atom. The predicted octanol–water partition coefficient (Wildman–Crippen LogP) is 5.97. The Balaban J connectivity index is 1.84. The monoisotopic (exact) mass is 470 g/mol. The zero-order valence-corrected chi connectivity index (χ0v) is 17.4. The molecule has 4 heteroatoms. The van der Waals surface area contributed by atoms with E-state index in [4.69, 9.17) is 4.74 Å². The predicted molar refractivity (Wildman–Crippen MR) is 116 cm³/mol. The van der Waals surface area contributed by atoms with Crippen molar-refractivity contribution in [3.8, 4) is 12.1 Å². The highest BCUT2D eigenvalue weighted by Gasteiger charge is 2.31. The molecule has 2 rings (SSSR count). The number of nitrogens with zero attached hydrogens (tertiary/aromatic N) is 2. The second kappa shape index (κ2) is 11.5. The number of rotatable bonds is 10. The summed E-state index contributed by atoms with van der Waals surface area (Å²) in [4.78, 5) is 0. The van der Waals surface area contributed by atoms with E-state index >= 15 is 0 Å². The van der Waals surface area contributed by atoms with Crippen molar-refractivity contribution in [2.24, 2.45) is 5.41 Å². The summed E-state index contributed by atoms with van der Waals surface area (Å²) in [6, 6.07) is 24.4. The number of benzene rings is 2. The summed E-state index contributed by atoms with van der Waals surface area (Å²) in [5.41, 5.74) is 2.28. The van der Waals surface area contributed by atoms with Gasteiger partial charge < -0.3 is 4.74 Å². The number of allylic oxidation sites excluding steroid dienone is 1. The average molecular weight is 470 g/mol. The SMILES string of the molecule is N#CC(C#N)(C/C(=C\I)CCCOCc1ccccc1)Cc1ccccc1. The standard InChI is InChI=1S/C23H23IN2O/c24-16-22(12-7-13-27-17-21-10-5-2-6-11-21)15-23(18-25,19-26)14-20-8-3-1-4-9-20/h1-6,8-11,16H,7,12-15,17H2/b22-16-. The van der Waals surface area contributed by atoms with Crippen molar-refractivity contribution in [1.82, 2.24) is 0 Å². The van der Waals surface area contributed by atoms with E-state index in [1.54, 1.807) is 0 Å². The topological polar surface area (TPSA) is 56.8 Å². The molecule has 0 saturated heterocycles. The summed E-state index contributed by atoms with van der Waals surface area (Å²) >= 11 is 2.20. The number of halogens is 1. The minimum absolute atomic E-state index is 0.444. The van der Waals surface area contributed by atoms with E-state index in [2.05, 4.69) is 34.7 Å². The van der Waals surface area contributed by atoms with E-state index < -0.39 is 5.41 Å². The van der Waals surface area contributed by atoms with Crippen molar-refractivity contribution >= 4 is 22.6 Å². The molecule has 0 unspecified atom stereocenters. The Labute approximate surface area is 175 Å². The van der Waals surface area contributed by atoms with Crippen LogP contribution in [0.15, 0.2) is 70.3 Å². The van der Waals surface area contributed by atoms with Gasteiger partial charge in [0.15, 0.2) is 5.41 Å². The summed E-state index contributed by atoms with van der Waals surface area (Å²) in [5, 5.41) is 19.4. The highest BCUT2D eigenvalue weighted by Crippen LogP contribution is 2.32. The molecule has 0 aromatic heterocycles. The highest BCUT2D eigenvalue weighted by molar-refractivity contribution is 14.1. The number of hydrogen-bond acceptors (Lipinski definition) is 3. The van der Waals surface area contributed by atoms with Crippen LogP contribution in [0.4, 0.5) is 0 Å². The maximum Gasteiger partial charge on any atom is 0.151 e. The van der Waals surface area contributed by atoms with Crippen LogP contribution in [0.3, 0.4) is 0 Å². The van der Waals surface area contributed by atoms with Crippen LogP contribution in [-0.4, -0.2) is 6.61 Å². The van der Waals surface area contributed by atoms with Gasteiger partial charge in [-0.25, -0.2) is 0 Å². The van der Waals surface area contributed by atoms with Crippen LogP contribution in [0.25, 0.3) is 0 Å². The molecule has 0 aliphatic carbocycles. The van der Waals surface area contributed by atoms with E-state index in [1.807, 2.05) is 64.7 Å². The van der Waals surface area contributed by atoms with Gasteiger partial charge in [-0.1, -0.05) is 88.8 Å². The van der Waals surface area contributed by atoms with Gasteiger partial charge in [-0.2, -0.15) is 10.5 Å². The molecule has 0 fully saturated rings. The molecule has 138 valence electrons. The first-order chi connectivity index (χ1) is 13.2. The summed E-state index contributed by atoms with van der Waals surface area (Å²) in [7, 11) is 0. The third-order valence-corrected chi connectivity index (χ3v) is 5.24. The van der Waals surface area contributed by atoms with E-state index in [0.717, 1.165) is 29.5 Å². The van der Waals surface area contributed by atoms with Gasteiger partial charge in [0.05, 0.1) is 18.7 Å². The number of ether oxygens (including phenoxy) is 1. The molecule has 2 aromatic rings. The van der Waals surface area contributed by atoms with E-state index in [1.165, 1.54) is 0 Å². The third kappa shape index (κ3) is 7.17. The van der Waals surface area contributed by atoms with Gasteiger partial charge in [-0.3, -0.25) is 0 Å². The molecule has 0 aliphatic heterocycles. The van der Waals surface area contributed by atoms with Crippen molar-refractivity contribution < 1.29 is 4.74 Å². The molecule has 0 aliphatic rings. The normalized spacial score (nSPS) is 11.6. The lowest BCUT2D eigenvalue weighted by Gasteiger charge is -2.20. The minimum atomic E-state index is -1.02. The molecule has 0 radical (unpaired) electrons. The Morgan fingerprint density at radius 1 is 0.963 bits per heavy atom. The van der Waals surface area contributed by atoms with Gasteiger partial charge in [0.1, 0.15) is 0 Å². The van der Waals surface area contributed by atoms with Crippen LogP contribution in [0.5, 0.6) is 0 Å². The van der Waals surface area contributed by atoms with Crippen LogP contribution in [0, 0.1) is 28.1 Å². The summed E-state index contributed by atoms with van der Waals surface area (Å²) in [6.45, 7) is 1.27. The first-order valence-electron chi connectivity index (χ1n) is 8.97. The van der Waals surface area contributed by atoms with Crippen LogP contribution in [0.1, 0.15) is 30.4 Å². The summed E-state index contributed by atoms with van der Waals surface area (Å²) < 4.78 is 7.74. The van der Waals surface area contributed by atoms with Gasteiger partial charge in [0.25, 0.3) is 0 Å². The number of hydrogen-bond donors (Lipinski definition) is 0. The molecular formula is C23H23IN2O. The fraction of sp³-hybridized carbons (Fsp3) is 0.304. The lowest BCUT2D eigenvalue weighted by atomic mass is 9.78. The minimum Gasteiger partial charge on any atom is -0.377 e. The Bertz CT molecular complexity index is 790. The molecule has 0 spiro atoms. The molecule has 0 amide bonds. The lowest BCUT2D eigenvalue weighted by Crippen LogP contribution is -2.20. The fourth-order valence-corrected chi connectivity index (χ4v) is 3.46. The van der Waals surface area contributed by atoms with Crippen molar-refractivity contribution in [3.63, 3.8) is 0 Å². The smallest absolute Gasteiger partial charge is 0.151 e. The molecule has 0 bridgehead atoms. The maximum absolute atomic E-state index is 9.69. The molecule has 2 aromatic carbocycles. The summed E-state index contributed by atoms with van der Waals surface area (Å²) in [6.07, 6.45) is 2.62. The molecule has 0 N–H and O–H groups in total. The molecule has 3 nitrogen and oxygen atoms in total. The summed E-state index contributed by atoms with van der Waals surface area (Å²) in [5.74, 6) is 0. The van der Waals surface area contributed by atoms with Crippen molar-refractivity contribution in [3.05, 3.63) is 81.4 Å². The van der Waals surface area contributed by atoms with Crippen LogP contribution in [0.2, 0.25) is 0 Å². The van der Waals surface area contributed by atoms with E-state index in [0.29, 0.717) is 26.1 Å².